The first-order valence-electron chi connectivity index (χ1n) is 4.05. The van der Waals surface area contributed by atoms with E-state index in [0.29, 0.717) is 0 Å². The highest BCUT2D eigenvalue weighted by molar-refractivity contribution is 6.19. The Morgan fingerprint density at radius 1 is 1.71 bits per heavy atom. The number of alkyl halides is 1. The standard InChI is InChI=1S/C8H14ClFN2O2/c1-8(2,4-9)5(6(10)12-14)7(13)11-3/h5,14H,4H2,1-3H3,(H,11,13)/b12-6-. The van der Waals surface area contributed by atoms with E-state index < -0.39 is 23.2 Å². The highest BCUT2D eigenvalue weighted by Gasteiger charge is 2.39. The van der Waals surface area contributed by atoms with Crippen LogP contribution in [0.4, 0.5) is 4.39 Å². The number of carbonyl (C=O) groups excluding carboxylic acids is 1. The summed E-state index contributed by atoms with van der Waals surface area (Å²) in [6, 6.07) is 0. The quantitative estimate of drug-likeness (QED) is 0.328. The first-order chi connectivity index (χ1) is 6.40. The van der Waals surface area contributed by atoms with Crippen molar-refractivity contribution in [1.82, 2.24) is 5.32 Å². The Hall–Kier alpha value is -0.840. The summed E-state index contributed by atoms with van der Waals surface area (Å²) in [7, 11) is 1.38. The second-order valence-corrected chi connectivity index (χ2v) is 3.86. The molecule has 0 aromatic heterocycles. The molecule has 0 spiro atoms. The molecular weight excluding hydrogens is 211 g/mol. The van der Waals surface area contributed by atoms with Crippen LogP contribution in [-0.4, -0.2) is 30.0 Å². The van der Waals surface area contributed by atoms with Gasteiger partial charge in [0.1, 0.15) is 5.92 Å². The van der Waals surface area contributed by atoms with Gasteiger partial charge >= 0.3 is 0 Å². The van der Waals surface area contributed by atoms with Crippen LogP contribution < -0.4 is 5.32 Å². The maximum absolute atomic E-state index is 13.1. The van der Waals surface area contributed by atoms with Crippen LogP contribution in [0.1, 0.15) is 13.8 Å². The molecule has 0 fully saturated rings. The van der Waals surface area contributed by atoms with Crippen LogP contribution in [0.3, 0.4) is 0 Å². The lowest BCUT2D eigenvalue weighted by atomic mass is 9.80. The Morgan fingerprint density at radius 3 is 2.50 bits per heavy atom. The fourth-order valence-corrected chi connectivity index (χ4v) is 1.22. The molecule has 0 aliphatic carbocycles. The summed E-state index contributed by atoms with van der Waals surface area (Å²) in [6.07, 6.45) is 0. The summed E-state index contributed by atoms with van der Waals surface area (Å²) < 4.78 is 13.1. The number of nitrogens with zero attached hydrogens (tertiary/aromatic N) is 1. The van der Waals surface area contributed by atoms with Crippen molar-refractivity contribution in [2.75, 3.05) is 12.9 Å². The van der Waals surface area contributed by atoms with Gasteiger partial charge in [0.05, 0.1) is 0 Å². The molecule has 0 aliphatic heterocycles. The largest absolute Gasteiger partial charge is 0.409 e. The normalized spacial score (nSPS) is 15.1. The zero-order valence-corrected chi connectivity index (χ0v) is 9.10. The number of hydrogen-bond acceptors (Lipinski definition) is 3. The molecule has 1 atom stereocenters. The van der Waals surface area contributed by atoms with Crippen molar-refractivity contribution in [2.45, 2.75) is 13.8 Å². The average molecular weight is 225 g/mol. The third-order valence-corrected chi connectivity index (χ3v) is 2.66. The number of amides is 1. The Kier molecular flexibility index (Phi) is 4.83. The van der Waals surface area contributed by atoms with Crippen molar-refractivity contribution in [2.24, 2.45) is 16.5 Å². The number of rotatable bonds is 4. The van der Waals surface area contributed by atoms with E-state index in [-0.39, 0.29) is 5.88 Å². The van der Waals surface area contributed by atoms with Gasteiger partial charge in [-0.05, 0) is 5.41 Å². The minimum absolute atomic E-state index is 0.0774. The predicted molar refractivity (Wildman–Crippen MR) is 52.4 cm³/mol. The Bertz CT molecular complexity index is 243. The number of hydrogen-bond donors (Lipinski definition) is 2. The van der Waals surface area contributed by atoms with Crippen LogP contribution in [-0.2, 0) is 4.79 Å². The number of halogens is 2. The minimum atomic E-state index is -1.17. The monoisotopic (exact) mass is 224 g/mol. The van der Waals surface area contributed by atoms with Gasteiger partial charge in [-0.15, -0.1) is 11.6 Å². The molecule has 4 nitrogen and oxygen atoms in total. The zero-order chi connectivity index (χ0) is 11.4. The van der Waals surface area contributed by atoms with E-state index in [4.69, 9.17) is 16.8 Å². The van der Waals surface area contributed by atoms with E-state index in [2.05, 4.69) is 10.5 Å². The van der Waals surface area contributed by atoms with Crippen LogP contribution in [0.15, 0.2) is 5.16 Å². The lowest BCUT2D eigenvalue weighted by Gasteiger charge is -2.28. The SMILES string of the molecule is CNC(=O)C(/C(F)=N/O)C(C)(C)CCl. The van der Waals surface area contributed by atoms with Gasteiger partial charge in [-0.3, -0.25) is 4.79 Å². The van der Waals surface area contributed by atoms with Gasteiger partial charge in [-0.2, -0.15) is 4.39 Å². The molecule has 0 aromatic carbocycles. The van der Waals surface area contributed by atoms with Gasteiger partial charge in [0.2, 0.25) is 11.9 Å². The lowest BCUT2D eigenvalue weighted by Crippen LogP contribution is -2.42. The van der Waals surface area contributed by atoms with E-state index in [9.17, 15) is 9.18 Å². The van der Waals surface area contributed by atoms with Gasteiger partial charge in [0, 0.05) is 12.9 Å². The summed E-state index contributed by atoms with van der Waals surface area (Å²) in [5, 5.41) is 13.0. The van der Waals surface area contributed by atoms with Gasteiger partial charge in [-0.25, -0.2) is 0 Å². The van der Waals surface area contributed by atoms with Crippen molar-refractivity contribution in [1.29, 1.82) is 0 Å². The van der Waals surface area contributed by atoms with Crippen molar-refractivity contribution in [3.05, 3.63) is 0 Å². The molecule has 0 saturated heterocycles. The fourth-order valence-electron chi connectivity index (χ4n) is 1.06. The second-order valence-electron chi connectivity index (χ2n) is 3.59. The van der Waals surface area contributed by atoms with Crippen molar-refractivity contribution in [3.63, 3.8) is 0 Å². The van der Waals surface area contributed by atoms with Crippen LogP contribution in [0.2, 0.25) is 0 Å². The van der Waals surface area contributed by atoms with Crippen LogP contribution in [0.25, 0.3) is 0 Å². The van der Waals surface area contributed by atoms with E-state index in [1.54, 1.807) is 13.8 Å². The molecule has 82 valence electrons. The molecule has 6 heteroatoms. The first-order valence-corrected chi connectivity index (χ1v) is 4.59. The molecular formula is C8H14ClFN2O2. The third kappa shape index (κ3) is 2.83. The fraction of sp³-hybridized carbons (Fsp3) is 0.750. The van der Waals surface area contributed by atoms with Crippen molar-refractivity contribution in [3.8, 4) is 0 Å². The number of carbonyl (C=O) groups is 1. The van der Waals surface area contributed by atoms with Crippen LogP contribution in [0, 0.1) is 11.3 Å². The van der Waals surface area contributed by atoms with Crippen molar-refractivity contribution >= 4 is 23.5 Å². The maximum atomic E-state index is 13.1. The molecule has 2 N–H and O–H groups in total. The molecule has 0 aromatic rings. The smallest absolute Gasteiger partial charge is 0.239 e. The van der Waals surface area contributed by atoms with Gasteiger partial charge in [-0.1, -0.05) is 19.0 Å². The third-order valence-electron chi connectivity index (χ3n) is 1.97. The predicted octanol–water partition coefficient (Wildman–Crippen LogP) is 1.37. The van der Waals surface area contributed by atoms with E-state index in [1.807, 2.05) is 0 Å². The van der Waals surface area contributed by atoms with Crippen LogP contribution >= 0.6 is 11.6 Å². The maximum Gasteiger partial charge on any atom is 0.239 e. The minimum Gasteiger partial charge on any atom is -0.409 e. The molecule has 0 rings (SSSR count). The lowest BCUT2D eigenvalue weighted by molar-refractivity contribution is -0.125. The summed E-state index contributed by atoms with van der Waals surface area (Å²) in [5.74, 6) is -2.79. The topological polar surface area (TPSA) is 61.7 Å². The molecule has 0 aliphatic rings. The molecule has 1 amide bonds. The second kappa shape index (κ2) is 5.14. The summed E-state index contributed by atoms with van der Waals surface area (Å²) >= 11 is 5.61. The average Bonchev–Trinajstić information content (AvgIpc) is 2.17. The van der Waals surface area contributed by atoms with E-state index in [0.717, 1.165) is 0 Å². The Balaban J connectivity index is 5.01. The molecule has 0 radical (unpaired) electrons. The summed E-state index contributed by atoms with van der Waals surface area (Å²) in [5.41, 5.74) is -0.808. The van der Waals surface area contributed by atoms with E-state index >= 15 is 0 Å². The molecule has 1 unspecified atom stereocenters. The Morgan fingerprint density at radius 2 is 2.21 bits per heavy atom. The highest BCUT2D eigenvalue weighted by Crippen LogP contribution is 2.30. The molecule has 0 saturated carbocycles. The number of nitrogens with one attached hydrogen (secondary N) is 1. The van der Waals surface area contributed by atoms with Crippen LogP contribution in [0.5, 0.6) is 0 Å². The van der Waals surface area contributed by atoms with Gasteiger partial charge < -0.3 is 10.5 Å². The summed E-state index contributed by atoms with van der Waals surface area (Å²) in [6.45, 7) is 3.23. The van der Waals surface area contributed by atoms with E-state index in [1.165, 1.54) is 7.05 Å². The molecule has 0 heterocycles. The molecule has 14 heavy (non-hydrogen) atoms. The van der Waals surface area contributed by atoms with Crippen molar-refractivity contribution < 1.29 is 14.4 Å². The highest BCUT2D eigenvalue weighted by atomic mass is 35.5. The Labute approximate surface area is 87.1 Å². The zero-order valence-electron chi connectivity index (χ0n) is 8.34. The van der Waals surface area contributed by atoms with Gasteiger partial charge in [0.25, 0.3) is 0 Å². The molecule has 0 bridgehead atoms. The summed E-state index contributed by atoms with van der Waals surface area (Å²) in [4.78, 5) is 11.3. The van der Waals surface area contributed by atoms with Gasteiger partial charge in [0.15, 0.2) is 0 Å². The first kappa shape index (κ1) is 13.2. The number of oxime groups is 1.